The van der Waals surface area contributed by atoms with Crippen molar-refractivity contribution in [2.75, 3.05) is 36.0 Å². The number of nitrogens with zero attached hydrogens (tertiary/aromatic N) is 4. The van der Waals surface area contributed by atoms with Gasteiger partial charge in [-0.2, -0.15) is 0 Å². The summed E-state index contributed by atoms with van der Waals surface area (Å²) in [5.41, 5.74) is 3.35. The summed E-state index contributed by atoms with van der Waals surface area (Å²) in [4.78, 5) is 16.9. The van der Waals surface area contributed by atoms with E-state index in [1.54, 1.807) is 6.33 Å². The number of aryl methyl sites for hydroxylation is 1. The minimum atomic E-state index is 0.924. The van der Waals surface area contributed by atoms with Gasteiger partial charge in [0.15, 0.2) is 0 Å². The van der Waals surface area contributed by atoms with Crippen molar-refractivity contribution in [2.45, 2.75) is 6.92 Å². The molecule has 1 aliphatic heterocycles. The van der Waals surface area contributed by atoms with E-state index in [2.05, 4.69) is 68.1 Å². The van der Waals surface area contributed by atoms with Crippen molar-refractivity contribution in [1.82, 2.24) is 15.0 Å². The van der Waals surface area contributed by atoms with Crippen LogP contribution in [0.5, 0.6) is 0 Å². The molecule has 2 aromatic heterocycles. The number of aromatic nitrogens is 3. The van der Waals surface area contributed by atoms with Crippen molar-refractivity contribution in [2.24, 2.45) is 0 Å². The lowest BCUT2D eigenvalue weighted by molar-refractivity contribution is 0.649. The average Bonchev–Trinajstić information content (AvgIpc) is 2.96. The Hall–Kier alpha value is -2.56. The summed E-state index contributed by atoms with van der Waals surface area (Å²) < 4.78 is 0. The Labute approximate surface area is 129 Å². The molecule has 3 aromatic rings. The predicted molar refractivity (Wildman–Crippen MR) is 89.5 cm³/mol. The van der Waals surface area contributed by atoms with Crippen LogP contribution in [0.3, 0.4) is 0 Å². The van der Waals surface area contributed by atoms with E-state index in [-0.39, 0.29) is 0 Å². The van der Waals surface area contributed by atoms with E-state index >= 15 is 0 Å². The van der Waals surface area contributed by atoms with Gasteiger partial charge in [0.25, 0.3) is 0 Å². The fourth-order valence-corrected chi connectivity index (χ4v) is 3.13. The molecule has 3 heterocycles. The van der Waals surface area contributed by atoms with Crippen LogP contribution < -0.4 is 9.80 Å². The molecule has 0 amide bonds. The second kappa shape index (κ2) is 5.33. The molecule has 1 aromatic carbocycles. The molecule has 0 radical (unpaired) electrons. The van der Waals surface area contributed by atoms with Crippen LogP contribution in [-0.2, 0) is 0 Å². The van der Waals surface area contributed by atoms with Gasteiger partial charge in [0.1, 0.15) is 17.8 Å². The molecule has 5 heteroatoms. The molecular weight excluding hydrogens is 274 g/mol. The quantitative estimate of drug-likeness (QED) is 0.789. The number of hydrogen-bond donors (Lipinski definition) is 1. The zero-order valence-corrected chi connectivity index (χ0v) is 12.7. The Morgan fingerprint density at radius 1 is 0.955 bits per heavy atom. The van der Waals surface area contributed by atoms with Gasteiger partial charge >= 0.3 is 0 Å². The summed E-state index contributed by atoms with van der Waals surface area (Å²) in [6.07, 6.45) is 1.65. The van der Waals surface area contributed by atoms with Gasteiger partial charge in [-0.05, 0) is 25.1 Å². The molecule has 112 valence electrons. The van der Waals surface area contributed by atoms with E-state index in [1.165, 1.54) is 5.69 Å². The van der Waals surface area contributed by atoms with E-state index in [0.29, 0.717) is 0 Å². The first kappa shape index (κ1) is 13.1. The number of H-pyrrole nitrogens is 1. The van der Waals surface area contributed by atoms with Crippen LogP contribution in [-0.4, -0.2) is 41.1 Å². The lowest BCUT2D eigenvalue weighted by atomic mass is 10.2. The standard InChI is InChI=1S/C17H19N5/c1-13-11-15-16(20-13)18-12-19-17(15)22-9-7-21(8-10-22)14-5-3-2-4-6-14/h2-6,11-12H,7-10H2,1H3,(H,18,19,20). The fraction of sp³-hybridized carbons (Fsp3) is 0.294. The van der Waals surface area contributed by atoms with Gasteiger partial charge in [-0.1, -0.05) is 18.2 Å². The fourth-order valence-electron chi connectivity index (χ4n) is 3.13. The number of piperazine rings is 1. The molecule has 1 fully saturated rings. The third-order valence-electron chi connectivity index (χ3n) is 4.24. The molecule has 1 aliphatic rings. The number of fused-ring (bicyclic) bond motifs is 1. The van der Waals surface area contributed by atoms with E-state index < -0.39 is 0 Å². The summed E-state index contributed by atoms with van der Waals surface area (Å²) in [6.45, 7) is 6.03. The molecule has 0 aliphatic carbocycles. The molecular formula is C17H19N5. The molecule has 0 spiro atoms. The highest BCUT2D eigenvalue weighted by molar-refractivity contribution is 5.88. The highest BCUT2D eigenvalue weighted by Gasteiger charge is 2.20. The highest BCUT2D eigenvalue weighted by atomic mass is 15.3. The highest BCUT2D eigenvalue weighted by Crippen LogP contribution is 2.25. The van der Waals surface area contributed by atoms with Gasteiger partial charge < -0.3 is 14.8 Å². The first-order chi connectivity index (χ1) is 10.8. The second-order valence-electron chi connectivity index (χ2n) is 5.72. The van der Waals surface area contributed by atoms with Gasteiger partial charge in [0.05, 0.1) is 5.39 Å². The maximum Gasteiger partial charge on any atom is 0.143 e. The summed E-state index contributed by atoms with van der Waals surface area (Å²) in [6, 6.07) is 12.7. The van der Waals surface area contributed by atoms with Crippen LogP contribution in [0, 0.1) is 6.92 Å². The van der Waals surface area contributed by atoms with Crippen LogP contribution in [0.4, 0.5) is 11.5 Å². The van der Waals surface area contributed by atoms with Gasteiger partial charge in [-0.3, -0.25) is 0 Å². The minimum absolute atomic E-state index is 0.924. The summed E-state index contributed by atoms with van der Waals surface area (Å²) in [7, 11) is 0. The number of rotatable bonds is 2. The number of benzene rings is 1. The second-order valence-corrected chi connectivity index (χ2v) is 5.72. The summed E-state index contributed by atoms with van der Waals surface area (Å²) >= 11 is 0. The van der Waals surface area contributed by atoms with Crippen molar-refractivity contribution < 1.29 is 0 Å². The maximum atomic E-state index is 4.52. The van der Waals surface area contributed by atoms with Crippen molar-refractivity contribution in [3.05, 3.63) is 48.4 Å². The molecule has 22 heavy (non-hydrogen) atoms. The number of nitrogens with one attached hydrogen (secondary N) is 1. The number of para-hydroxylation sites is 1. The van der Waals surface area contributed by atoms with Crippen molar-refractivity contribution >= 4 is 22.5 Å². The Balaban J connectivity index is 1.56. The predicted octanol–water partition coefficient (Wildman–Crippen LogP) is 2.59. The summed E-state index contributed by atoms with van der Waals surface area (Å²) in [5, 5.41) is 1.12. The number of anilines is 2. The molecule has 0 unspecified atom stereocenters. The zero-order valence-electron chi connectivity index (χ0n) is 12.7. The van der Waals surface area contributed by atoms with E-state index in [1.807, 2.05) is 0 Å². The zero-order chi connectivity index (χ0) is 14.9. The molecule has 1 N–H and O–H groups in total. The van der Waals surface area contributed by atoms with Crippen molar-refractivity contribution in [3.63, 3.8) is 0 Å². The third kappa shape index (κ3) is 2.28. The normalized spacial score (nSPS) is 15.5. The topological polar surface area (TPSA) is 48.1 Å². The van der Waals surface area contributed by atoms with E-state index in [9.17, 15) is 0 Å². The summed E-state index contributed by atoms with van der Waals surface area (Å²) in [5.74, 6) is 1.04. The lowest BCUT2D eigenvalue weighted by Gasteiger charge is -2.36. The Bertz CT molecular complexity index is 772. The Morgan fingerprint density at radius 3 is 2.45 bits per heavy atom. The Morgan fingerprint density at radius 2 is 1.68 bits per heavy atom. The van der Waals surface area contributed by atoms with Crippen molar-refractivity contribution in [1.29, 1.82) is 0 Å². The smallest absolute Gasteiger partial charge is 0.143 e. The van der Waals surface area contributed by atoms with Crippen LogP contribution in [0.25, 0.3) is 11.0 Å². The van der Waals surface area contributed by atoms with E-state index in [4.69, 9.17) is 0 Å². The SMILES string of the molecule is Cc1cc2c(N3CCN(c4ccccc4)CC3)ncnc2[nH]1. The van der Waals surface area contributed by atoms with Gasteiger partial charge in [-0.15, -0.1) is 0 Å². The lowest BCUT2D eigenvalue weighted by Crippen LogP contribution is -2.46. The van der Waals surface area contributed by atoms with Gasteiger partial charge in [0, 0.05) is 37.6 Å². The maximum absolute atomic E-state index is 4.52. The molecule has 1 saturated heterocycles. The van der Waals surface area contributed by atoms with Crippen molar-refractivity contribution in [3.8, 4) is 0 Å². The van der Waals surface area contributed by atoms with Crippen LogP contribution in [0.15, 0.2) is 42.7 Å². The molecule has 4 rings (SSSR count). The van der Waals surface area contributed by atoms with Crippen LogP contribution >= 0.6 is 0 Å². The molecule has 0 atom stereocenters. The van der Waals surface area contributed by atoms with E-state index in [0.717, 1.165) is 48.7 Å². The number of aromatic amines is 1. The largest absolute Gasteiger partial charge is 0.368 e. The monoisotopic (exact) mass is 293 g/mol. The molecule has 0 saturated carbocycles. The Kier molecular flexibility index (Phi) is 3.18. The minimum Gasteiger partial charge on any atom is -0.368 e. The van der Waals surface area contributed by atoms with Crippen LogP contribution in [0.1, 0.15) is 5.69 Å². The third-order valence-corrected chi connectivity index (χ3v) is 4.24. The van der Waals surface area contributed by atoms with Gasteiger partial charge in [0.2, 0.25) is 0 Å². The molecule has 0 bridgehead atoms. The molecule has 5 nitrogen and oxygen atoms in total. The average molecular weight is 293 g/mol. The number of hydrogen-bond acceptors (Lipinski definition) is 4. The van der Waals surface area contributed by atoms with Gasteiger partial charge in [-0.25, -0.2) is 9.97 Å². The first-order valence-electron chi connectivity index (χ1n) is 7.66. The first-order valence-corrected chi connectivity index (χ1v) is 7.66. The van der Waals surface area contributed by atoms with Crippen LogP contribution in [0.2, 0.25) is 0 Å².